The third-order valence-corrected chi connectivity index (χ3v) is 6.42. The van der Waals surface area contributed by atoms with Crippen LogP contribution in [0.4, 0.5) is 11.5 Å². The lowest BCUT2D eigenvalue weighted by Crippen LogP contribution is -2.01. The van der Waals surface area contributed by atoms with E-state index in [4.69, 9.17) is 5.73 Å². The lowest BCUT2D eigenvalue weighted by atomic mass is 9.97. The van der Waals surface area contributed by atoms with Gasteiger partial charge in [0.2, 0.25) is 0 Å². The van der Waals surface area contributed by atoms with Gasteiger partial charge in [-0.25, -0.2) is 9.97 Å². The second kappa shape index (κ2) is 6.61. The number of nitro groups is 1. The van der Waals surface area contributed by atoms with E-state index >= 15 is 0 Å². The number of anilines is 1. The largest absolute Gasteiger partial charge is 0.383 e. The summed E-state index contributed by atoms with van der Waals surface area (Å²) in [4.78, 5) is 22.0. The van der Waals surface area contributed by atoms with Crippen molar-refractivity contribution in [3.63, 3.8) is 0 Å². The van der Waals surface area contributed by atoms with Gasteiger partial charge in [0.05, 0.1) is 10.3 Å². The Bertz CT molecular complexity index is 971. The molecule has 2 aromatic heterocycles. The van der Waals surface area contributed by atoms with Gasteiger partial charge in [0, 0.05) is 22.8 Å². The lowest BCUT2D eigenvalue weighted by Gasteiger charge is -2.10. The molecule has 4 rings (SSSR count). The van der Waals surface area contributed by atoms with Gasteiger partial charge in [0.25, 0.3) is 5.69 Å². The Morgan fingerprint density at radius 1 is 1.28 bits per heavy atom. The molecule has 0 unspecified atom stereocenters. The Labute approximate surface area is 152 Å². The van der Waals surface area contributed by atoms with Gasteiger partial charge in [-0.15, -0.1) is 11.3 Å². The number of fused-ring (bicyclic) bond motifs is 3. The van der Waals surface area contributed by atoms with E-state index in [1.807, 2.05) is 6.07 Å². The molecule has 0 fully saturated rings. The summed E-state index contributed by atoms with van der Waals surface area (Å²) in [5.41, 5.74) is 8.51. The highest BCUT2D eigenvalue weighted by molar-refractivity contribution is 7.98. The Kier molecular flexibility index (Phi) is 4.30. The molecule has 1 aromatic carbocycles. The van der Waals surface area contributed by atoms with Gasteiger partial charge in [-0.2, -0.15) is 0 Å². The molecule has 2 N–H and O–H groups in total. The summed E-state index contributed by atoms with van der Waals surface area (Å²) in [6, 6.07) is 6.63. The predicted molar refractivity (Wildman–Crippen MR) is 101 cm³/mol. The monoisotopic (exact) mass is 372 g/mol. The molecule has 6 nitrogen and oxygen atoms in total. The number of aryl methyl sites for hydroxylation is 2. The van der Waals surface area contributed by atoms with Crippen LogP contribution in [0.1, 0.15) is 28.8 Å². The van der Waals surface area contributed by atoms with Gasteiger partial charge in [0.15, 0.2) is 5.16 Å². The predicted octanol–water partition coefficient (Wildman–Crippen LogP) is 4.35. The van der Waals surface area contributed by atoms with Crippen LogP contribution < -0.4 is 5.73 Å². The molecule has 128 valence electrons. The summed E-state index contributed by atoms with van der Waals surface area (Å²) in [6.45, 7) is 0. The molecule has 0 amide bonds. The molecule has 8 heteroatoms. The fourth-order valence-corrected chi connectivity index (χ4v) is 5.26. The molecule has 0 bridgehead atoms. The van der Waals surface area contributed by atoms with Crippen LogP contribution >= 0.6 is 23.1 Å². The number of rotatable bonds is 4. The number of non-ortho nitro benzene ring substituents is 1. The zero-order valence-corrected chi connectivity index (χ0v) is 15.0. The van der Waals surface area contributed by atoms with Gasteiger partial charge in [0.1, 0.15) is 10.6 Å². The van der Waals surface area contributed by atoms with Gasteiger partial charge in [-0.1, -0.05) is 23.9 Å². The van der Waals surface area contributed by atoms with Crippen molar-refractivity contribution >= 4 is 44.8 Å². The minimum absolute atomic E-state index is 0.0971. The Hall–Kier alpha value is -2.19. The van der Waals surface area contributed by atoms with Crippen LogP contribution in [0, 0.1) is 10.1 Å². The van der Waals surface area contributed by atoms with Crippen LogP contribution in [0.25, 0.3) is 10.2 Å². The third kappa shape index (κ3) is 3.19. The molecule has 1 aliphatic carbocycles. The van der Waals surface area contributed by atoms with E-state index in [0.717, 1.165) is 28.6 Å². The van der Waals surface area contributed by atoms with Crippen LogP contribution in [0.3, 0.4) is 0 Å². The number of aromatic nitrogens is 2. The van der Waals surface area contributed by atoms with Crippen LogP contribution in [0.2, 0.25) is 0 Å². The van der Waals surface area contributed by atoms with Crippen molar-refractivity contribution in [1.82, 2.24) is 9.97 Å². The molecule has 0 radical (unpaired) electrons. The molecule has 0 spiro atoms. The highest BCUT2D eigenvalue weighted by atomic mass is 32.2. The van der Waals surface area contributed by atoms with Crippen molar-refractivity contribution in [3.05, 3.63) is 50.4 Å². The zero-order valence-electron chi connectivity index (χ0n) is 13.4. The molecule has 0 saturated heterocycles. The van der Waals surface area contributed by atoms with Crippen molar-refractivity contribution in [3.8, 4) is 0 Å². The number of hydrogen-bond acceptors (Lipinski definition) is 7. The molecule has 0 aliphatic heterocycles. The smallest absolute Gasteiger partial charge is 0.269 e. The molecular formula is C17H16N4O2S2. The maximum Gasteiger partial charge on any atom is 0.269 e. The van der Waals surface area contributed by atoms with Gasteiger partial charge in [-0.3, -0.25) is 10.1 Å². The number of thioether (sulfide) groups is 1. The topological polar surface area (TPSA) is 94.9 Å². The first-order chi connectivity index (χ1) is 12.1. The summed E-state index contributed by atoms with van der Waals surface area (Å²) < 4.78 is 0. The van der Waals surface area contributed by atoms with E-state index in [9.17, 15) is 10.1 Å². The van der Waals surface area contributed by atoms with Crippen molar-refractivity contribution < 1.29 is 4.92 Å². The second-order valence-electron chi connectivity index (χ2n) is 6.00. The number of benzene rings is 1. The second-order valence-corrected chi connectivity index (χ2v) is 8.02. The molecule has 0 atom stereocenters. The highest BCUT2D eigenvalue weighted by Crippen LogP contribution is 2.38. The maximum atomic E-state index is 10.9. The number of thiophene rings is 1. The van der Waals surface area contributed by atoms with Crippen LogP contribution in [-0.2, 0) is 18.6 Å². The summed E-state index contributed by atoms with van der Waals surface area (Å²) in [7, 11) is 0. The summed E-state index contributed by atoms with van der Waals surface area (Å²) >= 11 is 3.17. The highest BCUT2D eigenvalue weighted by Gasteiger charge is 2.20. The van der Waals surface area contributed by atoms with Crippen molar-refractivity contribution in [2.45, 2.75) is 36.6 Å². The normalized spacial score (nSPS) is 13.8. The maximum absolute atomic E-state index is 10.9. The van der Waals surface area contributed by atoms with E-state index in [0.29, 0.717) is 16.7 Å². The Balaban J connectivity index is 1.60. The summed E-state index contributed by atoms with van der Waals surface area (Å²) in [6.07, 6.45) is 4.58. The van der Waals surface area contributed by atoms with E-state index in [2.05, 4.69) is 9.97 Å². The summed E-state index contributed by atoms with van der Waals surface area (Å²) in [5.74, 6) is 1.11. The number of nitrogens with two attached hydrogens (primary N) is 1. The number of nitro benzene ring substituents is 1. The number of nitrogen functional groups attached to an aromatic ring is 1. The van der Waals surface area contributed by atoms with Crippen molar-refractivity contribution in [1.29, 1.82) is 0 Å². The fourth-order valence-electron chi connectivity index (χ4n) is 3.14. The average Bonchev–Trinajstić information content (AvgIpc) is 2.99. The van der Waals surface area contributed by atoms with Crippen LogP contribution in [0.15, 0.2) is 29.4 Å². The van der Waals surface area contributed by atoms with E-state index < -0.39 is 0 Å². The molecule has 0 saturated carbocycles. The zero-order chi connectivity index (χ0) is 17.4. The van der Waals surface area contributed by atoms with Crippen molar-refractivity contribution in [2.75, 3.05) is 5.73 Å². The summed E-state index contributed by atoms with van der Waals surface area (Å²) in [5, 5.41) is 12.5. The van der Waals surface area contributed by atoms with Gasteiger partial charge >= 0.3 is 0 Å². The first-order valence-corrected chi connectivity index (χ1v) is 9.86. The standard InChI is InChI=1S/C17H16N4O2S2/c18-15-14-12-6-1-2-7-13(12)25-16(14)20-17(19-15)24-9-10-4-3-5-11(8-10)21(22)23/h3-5,8H,1-2,6-7,9H2,(H2,18,19,20). The van der Waals surface area contributed by atoms with Crippen LogP contribution in [0.5, 0.6) is 0 Å². The van der Waals surface area contributed by atoms with Gasteiger partial charge in [-0.05, 0) is 36.8 Å². The lowest BCUT2D eigenvalue weighted by molar-refractivity contribution is -0.384. The molecule has 2 heterocycles. The number of nitrogens with zero attached hydrogens (tertiary/aromatic N) is 3. The third-order valence-electron chi connectivity index (χ3n) is 4.31. The first-order valence-electron chi connectivity index (χ1n) is 8.05. The SMILES string of the molecule is Nc1nc(SCc2cccc([N+](=O)[O-])c2)nc2sc3c(c12)CCCC3. The van der Waals surface area contributed by atoms with Crippen molar-refractivity contribution in [2.24, 2.45) is 0 Å². The fraction of sp³-hybridized carbons (Fsp3) is 0.294. The minimum atomic E-state index is -0.384. The Morgan fingerprint density at radius 2 is 2.12 bits per heavy atom. The molecule has 25 heavy (non-hydrogen) atoms. The molecular weight excluding hydrogens is 356 g/mol. The van der Waals surface area contributed by atoms with E-state index in [-0.39, 0.29) is 10.6 Å². The van der Waals surface area contributed by atoms with Gasteiger partial charge < -0.3 is 5.73 Å². The van der Waals surface area contributed by atoms with Crippen LogP contribution in [-0.4, -0.2) is 14.9 Å². The quantitative estimate of drug-likeness (QED) is 0.316. The first kappa shape index (κ1) is 16.3. The minimum Gasteiger partial charge on any atom is -0.383 e. The van der Waals surface area contributed by atoms with E-state index in [1.54, 1.807) is 23.5 Å². The Morgan fingerprint density at radius 3 is 2.96 bits per heavy atom. The molecule has 1 aliphatic rings. The average molecular weight is 372 g/mol. The molecule has 3 aromatic rings. The van der Waals surface area contributed by atoms with E-state index in [1.165, 1.54) is 41.1 Å². The number of hydrogen-bond donors (Lipinski definition) is 1.